The quantitative estimate of drug-likeness (QED) is 0.822. The van der Waals surface area contributed by atoms with Gasteiger partial charge in [0.25, 0.3) is 5.91 Å². The Morgan fingerprint density at radius 2 is 2.04 bits per heavy atom. The highest BCUT2D eigenvalue weighted by atomic mass is 16.2. The molecule has 0 unspecified atom stereocenters. The molecule has 6 nitrogen and oxygen atoms in total. The summed E-state index contributed by atoms with van der Waals surface area (Å²) in [6, 6.07) is 1.94. The van der Waals surface area contributed by atoms with Crippen molar-refractivity contribution in [3.63, 3.8) is 0 Å². The fourth-order valence-electron chi connectivity index (χ4n) is 3.35. The van der Waals surface area contributed by atoms with Gasteiger partial charge in [0.2, 0.25) is 0 Å². The zero-order chi connectivity index (χ0) is 16.1. The van der Waals surface area contributed by atoms with E-state index in [0.29, 0.717) is 12.2 Å². The third kappa shape index (κ3) is 4.20. The van der Waals surface area contributed by atoms with Gasteiger partial charge in [-0.15, -0.1) is 0 Å². The first-order chi connectivity index (χ1) is 11.2. The average Bonchev–Trinajstić information content (AvgIpc) is 2.78. The molecule has 2 aliphatic heterocycles. The Bertz CT molecular complexity index is 535. The van der Waals surface area contributed by atoms with Crippen LogP contribution < -0.4 is 10.2 Å². The number of fused-ring (bicyclic) bond motifs is 1. The third-order valence-corrected chi connectivity index (χ3v) is 4.78. The van der Waals surface area contributed by atoms with Crippen LogP contribution in [-0.4, -0.2) is 73.7 Å². The summed E-state index contributed by atoms with van der Waals surface area (Å²) in [5, 5.41) is 2.92. The second-order valence-electron chi connectivity index (χ2n) is 6.53. The SMILES string of the molecule is CN1CCCN(CCCCN2CNC(=O)c3cnccc32)CC1. The number of rotatable bonds is 5. The number of aromatic nitrogens is 1. The molecule has 0 bridgehead atoms. The number of carbonyl (C=O) groups excluding carboxylic acids is 1. The molecular formula is C17H27N5O. The molecule has 1 saturated heterocycles. The zero-order valence-electron chi connectivity index (χ0n) is 14.0. The van der Waals surface area contributed by atoms with E-state index in [1.807, 2.05) is 6.07 Å². The molecule has 1 aromatic heterocycles. The summed E-state index contributed by atoms with van der Waals surface area (Å²) in [5.41, 5.74) is 1.70. The first kappa shape index (κ1) is 16.2. The lowest BCUT2D eigenvalue weighted by Gasteiger charge is -2.31. The Hall–Kier alpha value is -1.66. The monoisotopic (exact) mass is 317 g/mol. The van der Waals surface area contributed by atoms with E-state index in [9.17, 15) is 4.79 Å². The third-order valence-electron chi connectivity index (χ3n) is 4.78. The number of anilines is 1. The number of likely N-dealkylation sites (N-methyl/N-ethyl adjacent to an activating group) is 1. The van der Waals surface area contributed by atoms with Crippen LogP contribution in [0.2, 0.25) is 0 Å². The van der Waals surface area contributed by atoms with Crippen LogP contribution in [0.5, 0.6) is 0 Å². The van der Waals surface area contributed by atoms with Gasteiger partial charge in [0.15, 0.2) is 0 Å². The smallest absolute Gasteiger partial charge is 0.256 e. The van der Waals surface area contributed by atoms with Crippen molar-refractivity contribution in [2.75, 3.05) is 57.9 Å². The summed E-state index contributed by atoms with van der Waals surface area (Å²) in [6.45, 7) is 7.56. The summed E-state index contributed by atoms with van der Waals surface area (Å²) in [7, 11) is 2.21. The second-order valence-corrected chi connectivity index (χ2v) is 6.53. The highest BCUT2D eigenvalue weighted by Crippen LogP contribution is 2.22. The average molecular weight is 317 g/mol. The van der Waals surface area contributed by atoms with Gasteiger partial charge in [-0.2, -0.15) is 0 Å². The minimum atomic E-state index is -0.0157. The topological polar surface area (TPSA) is 51.7 Å². The Morgan fingerprint density at radius 3 is 2.96 bits per heavy atom. The van der Waals surface area contributed by atoms with Crippen molar-refractivity contribution in [1.29, 1.82) is 0 Å². The largest absolute Gasteiger partial charge is 0.353 e. The number of pyridine rings is 1. The van der Waals surface area contributed by atoms with Gasteiger partial charge in [-0.25, -0.2) is 0 Å². The van der Waals surface area contributed by atoms with Gasteiger partial charge in [0.1, 0.15) is 0 Å². The van der Waals surface area contributed by atoms with Gasteiger partial charge in [-0.05, 0) is 52.0 Å². The van der Waals surface area contributed by atoms with Crippen LogP contribution in [0.3, 0.4) is 0 Å². The molecule has 126 valence electrons. The molecular weight excluding hydrogens is 290 g/mol. The van der Waals surface area contributed by atoms with Crippen LogP contribution >= 0.6 is 0 Å². The Kier molecular flexibility index (Phi) is 5.46. The number of nitrogens with zero attached hydrogens (tertiary/aromatic N) is 4. The first-order valence-corrected chi connectivity index (χ1v) is 8.62. The second kappa shape index (κ2) is 7.75. The molecule has 1 amide bonds. The van der Waals surface area contributed by atoms with E-state index in [1.54, 1.807) is 12.4 Å². The van der Waals surface area contributed by atoms with Gasteiger partial charge < -0.3 is 20.0 Å². The van der Waals surface area contributed by atoms with Crippen molar-refractivity contribution in [2.45, 2.75) is 19.3 Å². The maximum absolute atomic E-state index is 11.8. The lowest BCUT2D eigenvalue weighted by atomic mass is 10.1. The lowest BCUT2D eigenvalue weighted by Crippen LogP contribution is -2.44. The van der Waals surface area contributed by atoms with Gasteiger partial charge in [0.05, 0.1) is 17.9 Å². The molecule has 0 radical (unpaired) electrons. The van der Waals surface area contributed by atoms with Crippen molar-refractivity contribution >= 4 is 11.6 Å². The number of hydrogen-bond acceptors (Lipinski definition) is 5. The molecule has 6 heteroatoms. The van der Waals surface area contributed by atoms with E-state index in [0.717, 1.165) is 18.7 Å². The Labute approximate surface area is 138 Å². The summed E-state index contributed by atoms with van der Waals surface area (Å²) in [5.74, 6) is -0.0157. The molecule has 0 atom stereocenters. The normalized spacial score (nSPS) is 20.0. The predicted octanol–water partition coefficient (Wildman–Crippen LogP) is 1.01. The summed E-state index contributed by atoms with van der Waals surface area (Å²) < 4.78 is 0. The number of unbranched alkanes of at least 4 members (excludes halogenated alkanes) is 1. The van der Waals surface area contributed by atoms with Crippen LogP contribution in [0, 0.1) is 0 Å². The van der Waals surface area contributed by atoms with Gasteiger partial charge in [0, 0.05) is 32.0 Å². The number of hydrogen-bond donors (Lipinski definition) is 1. The van der Waals surface area contributed by atoms with Crippen LogP contribution in [-0.2, 0) is 0 Å². The molecule has 1 aromatic rings. The maximum atomic E-state index is 11.8. The predicted molar refractivity (Wildman–Crippen MR) is 91.7 cm³/mol. The lowest BCUT2D eigenvalue weighted by molar-refractivity contribution is 0.0947. The number of amides is 1. The molecule has 3 heterocycles. The molecule has 23 heavy (non-hydrogen) atoms. The van der Waals surface area contributed by atoms with Crippen LogP contribution in [0.1, 0.15) is 29.6 Å². The molecule has 2 aliphatic rings. The van der Waals surface area contributed by atoms with Crippen LogP contribution in [0.25, 0.3) is 0 Å². The molecule has 1 fully saturated rings. The number of nitrogens with one attached hydrogen (secondary N) is 1. The van der Waals surface area contributed by atoms with Crippen molar-refractivity contribution < 1.29 is 4.79 Å². The first-order valence-electron chi connectivity index (χ1n) is 8.62. The Balaban J connectivity index is 1.44. The van der Waals surface area contributed by atoms with E-state index < -0.39 is 0 Å². The maximum Gasteiger partial charge on any atom is 0.256 e. The van der Waals surface area contributed by atoms with E-state index in [-0.39, 0.29) is 5.91 Å². The summed E-state index contributed by atoms with van der Waals surface area (Å²) >= 11 is 0. The van der Waals surface area contributed by atoms with Gasteiger partial charge in [-0.3, -0.25) is 9.78 Å². The molecule has 1 N–H and O–H groups in total. The molecule has 3 rings (SSSR count). The van der Waals surface area contributed by atoms with E-state index in [4.69, 9.17) is 0 Å². The molecule has 0 spiro atoms. The van der Waals surface area contributed by atoms with Gasteiger partial charge >= 0.3 is 0 Å². The molecule has 0 aliphatic carbocycles. The van der Waals surface area contributed by atoms with Crippen LogP contribution in [0.4, 0.5) is 5.69 Å². The fourth-order valence-corrected chi connectivity index (χ4v) is 3.35. The van der Waals surface area contributed by atoms with E-state index in [2.05, 4.69) is 32.0 Å². The van der Waals surface area contributed by atoms with Crippen molar-refractivity contribution in [1.82, 2.24) is 20.1 Å². The zero-order valence-corrected chi connectivity index (χ0v) is 14.0. The van der Waals surface area contributed by atoms with Crippen LogP contribution in [0.15, 0.2) is 18.5 Å². The minimum Gasteiger partial charge on any atom is -0.353 e. The van der Waals surface area contributed by atoms with E-state index in [1.165, 1.54) is 45.6 Å². The van der Waals surface area contributed by atoms with Crippen molar-refractivity contribution in [3.8, 4) is 0 Å². The Morgan fingerprint density at radius 1 is 1.17 bits per heavy atom. The molecule has 0 saturated carbocycles. The summed E-state index contributed by atoms with van der Waals surface area (Å²) in [6.07, 6.45) is 7.04. The highest BCUT2D eigenvalue weighted by Gasteiger charge is 2.22. The van der Waals surface area contributed by atoms with E-state index >= 15 is 0 Å². The van der Waals surface area contributed by atoms with Crippen molar-refractivity contribution in [2.24, 2.45) is 0 Å². The fraction of sp³-hybridized carbons (Fsp3) is 0.647. The minimum absolute atomic E-state index is 0.0157. The standard InChI is InChI=1S/C17H27N5O/c1-20-7-4-9-21(12-11-20)8-2-3-10-22-14-19-17(23)15-13-18-6-5-16(15)22/h5-6,13H,2-4,7-12,14H2,1H3,(H,19,23). The number of carbonyl (C=O) groups is 1. The molecule has 0 aromatic carbocycles. The summed E-state index contributed by atoms with van der Waals surface area (Å²) in [4.78, 5) is 23.1. The highest BCUT2D eigenvalue weighted by molar-refractivity contribution is 6.01. The van der Waals surface area contributed by atoms with Crippen molar-refractivity contribution in [3.05, 3.63) is 24.0 Å². The van der Waals surface area contributed by atoms with Gasteiger partial charge in [-0.1, -0.05) is 0 Å².